The van der Waals surface area contributed by atoms with E-state index in [0.29, 0.717) is 18.7 Å². The molecule has 166 valence electrons. The smallest absolute Gasteiger partial charge is 0.255 e. The molecule has 2 atom stereocenters. The van der Waals surface area contributed by atoms with Crippen LogP contribution in [0.25, 0.3) is 11.1 Å². The topological polar surface area (TPSA) is 114 Å². The van der Waals surface area contributed by atoms with Crippen molar-refractivity contribution < 1.29 is 19.8 Å². The van der Waals surface area contributed by atoms with Crippen LogP contribution in [-0.2, 0) is 29.2 Å². The summed E-state index contributed by atoms with van der Waals surface area (Å²) < 4.78 is 0. The van der Waals surface area contributed by atoms with Gasteiger partial charge in [-0.05, 0) is 33.9 Å². The van der Waals surface area contributed by atoms with Gasteiger partial charge in [0.05, 0.1) is 11.6 Å². The molecule has 0 saturated heterocycles. The van der Waals surface area contributed by atoms with E-state index >= 15 is 0 Å². The number of amides is 2. The summed E-state index contributed by atoms with van der Waals surface area (Å²) in [5.41, 5.74) is 4.99. The van der Waals surface area contributed by atoms with Gasteiger partial charge in [0, 0.05) is 19.6 Å². The molecule has 33 heavy (non-hydrogen) atoms. The van der Waals surface area contributed by atoms with Crippen LogP contribution in [-0.4, -0.2) is 39.1 Å². The Morgan fingerprint density at radius 2 is 1.52 bits per heavy atom. The Bertz CT molecular complexity index is 1190. The Balaban J connectivity index is 1.33. The van der Waals surface area contributed by atoms with Crippen molar-refractivity contribution in [2.45, 2.75) is 31.8 Å². The van der Waals surface area contributed by atoms with E-state index in [9.17, 15) is 25.1 Å². The zero-order valence-electron chi connectivity index (χ0n) is 17.8. The molecule has 3 aromatic rings. The molecule has 0 spiro atoms. The summed E-state index contributed by atoms with van der Waals surface area (Å²) in [6, 6.07) is 24.3. The van der Waals surface area contributed by atoms with E-state index in [4.69, 9.17) is 0 Å². The zero-order valence-corrected chi connectivity index (χ0v) is 17.8. The third kappa shape index (κ3) is 4.77. The van der Waals surface area contributed by atoms with Crippen molar-refractivity contribution in [3.8, 4) is 17.2 Å². The van der Waals surface area contributed by atoms with Gasteiger partial charge in [-0.2, -0.15) is 5.26 Å². The molecule has 0 saturated carbocycles. The number of nitrogens with one attached hydrogen (secondary N) is 1. The van der Waals surface area contributed by atoms with Crippen LogP contribution in [0.4, 0.5) is 0 Å². The average Bonchev–Trinajstić information content (AvgIpc) is 3.30. The molecule has 0 bridgehead atoms. The molecule has 3 N–H and O–H groups in total. The maximum Gasteiger partial charge on any atom is 0.255 e. The van der Waals surface area contributed by atoms with Crippen LogP contribution >= 0.6 is 0 Å². The van der Waals surface area contributed by atoms with Gasteiger partial charge in [-0.3, -0.25) is 9.59 Å². The first-order valence-electron chi connectivity index (χ1n) is 10.6. The number of carbonyl (C=O) groups excluding carboxylic acids is 2. The molecule has 0 aliphatic carbocycles. The third-order valence-electron chi connectivity index (χ3n) is 5.75. The standard InChI is InChI=1S/C26H23N3O4/c27-13-19-5-3-4-8-22(19)18-11-9-17(10-12-18)14-28-25(32)23(30)24(31)26(33)29-15-20-6-1-2-7-21(20)16-29/h1-12,23-24,30-31H,14-16H2,(H,28,32)/t23-,24-/m1/s1. The number of nitrogens with zero attached hydrogens (tertiary/aromatic N) is 2. The highest BCUT2D eigenvalue weighted by atomic mass is 16.3. The van der Waals surface area contributed by atoms with Crippen molar-refractivity contribution in [1.29, 1.82) is 5.26 Å². The summed E-state index contributed by atoms with van der Waals surface area (Å²) in [5.74, 6) is -1.51. The molecule has 0 fully saturated rings. The molecule has 3 aromatic carbocycles. The molecule has 0 unspecified atom stereocenters. The van der Waals surface area contributed by atoms with Crippen LogP contribution < -0.4 is 5.32 Å². The zero-order chi connectivity index (χ0) is 23.4. The summed E-state index contributed by atoms with van der Waals surface area (Å²) in [6.07, 6.45) is -3.72. The molecule has 1 aliphatic rings. The highest BCUT2D eigenvalue weighted by molar-refractivity contribution is 5.91. The molecule has 0 aromatic heterocycles. The van der Waals surface area contributed by atoms with E-state index in [1.165, 1.54) is 4.90 Å². The normalized spacial score (nSPS) is 14.2. The predicted molar refractivity (Wildman–Crippen MR) is 121 cm³/mol. The van der Waals surface area contributed by atoms with E-state index in [-0.39, 0.29) is 6.54 Å². The number of nitriles is 1. The Morgan fingerprint density at radius 3 is 2.15 bits per heavy atom. The molecule has 7 heteroatoms. The molecule has 2 amide bonds. The van der Waals surface area contributed by atoms with Crippen LogP contribution in [0, 0.1) is 11.3 Å². The summed E-state index contributed by atoms with van der Waals surface area (Å²) in [6.45, 7) is 0.787. The Labute approximate surface area is 191 Å². The molecule has 7 nitrogen and oxygen atoms in total. The lowest BCUT2D eigenvalue weighted by molar-refractivity contribution is -0.153. The fourth-order valence-corrected chi connectivity index (χ4v) is 3.88. The van der Waals surface area contributed by atoms with Crippen LogP contribution in [0.2, 0.25) is 0 Å². The van der Waals surface area contributed by atoms with E-state index in [1.807, 2.05) is 48.5 Å². The number of rotatable bonds is 6. The Hall–Kier alpha value is -3.99. The van der Waals surface area contributed by atoms with Gasteiger partial charge < -0.3 is 20.4 Å². The summed E-state index contributed by atoms with van der Waals surface area (Å²) >= 11 is 0. The molecule has 1 heterocycles. The largest absolute Gasteiger partial charge is 0.380 e. The highest BCUT2D eigenvalue weighted by Crippen LogP contribution is 2.24. The lowest BCUT2D eigenvalue weighted by atomic mass is 9.99. The molecular weight excluding hydrogens is 418 g/mol. The number of hydrogen-bond donors (Lipinski definition) is 3. The summed E-state index contributed by atoms with van der Waals surface area (Å²) in [7, 11) is 0. The fraction of sp³-hybridized carbons (Fsp3) is 0.192. The summed E-state index contributed by atoms with van der Waals surface area (Å²) in [5, 5.41) is 32.3. The van der Waals surface area contributed by atoms with Crippen molar-refractivity contribution in [3.63, 3.8) is 0 Å². The highest BCUT2D eigenvalue weighted by Gasteiger charge is 2.35. The monoisotopic (exact) mass is 441 g/mol. The Morgan fingerprint density at radius 1 is 0.909 bits per heavy atom. The van der Waals surface area contributed by atoms with Crippen molar-refractivity contribution in [3.05, 3.63) is 95.1 Å². The number of aliphatic hydroxyl groups is 2. The van der Waals surface area contributed by atoms with Crippen molar-refractivity contribution in [2.24, 2.45) is 0 Å². The third-order valence-corrected chi connectivity index (χ3v) is 5.75. The number of benzene rings is 3. The lowest BCUT2D eigenvalue weighted by Crippen LogP contribution is -2.49. The Kier molecular flexibility index (Phi) is 6.50. The van der Waals surface area contributed by atoms with Crippen LogP contribution in [0.5, 0.6) is 0 Å². The van der Waals surface area contributed by atoms with Gasteiger partial charge in [0.1, 0.15) is 0 Å². The van der Waals surface area contributed by atoms with E-state index in [0.717, 1.165) is 27.8 Å². The van der Waals surface area contributed by atoms with Crippen molar-refractivity contribution >= 4 is 11.8 Å². The maximum absolute atomic E-state index is 12.6. The van der Waals surface area contributed by atoms with E-state index in [2.05, 4.69) is 11.4 Å². The second kappa shape index (κ2) is 9.65. The van der Waals surface area contributed by atoms with Crippen molar-refractivity contribution in [1.82, 2.24) is 10.2 Å². The minimum Gasteiger partial charge on any atom is -0.380 e. The first kappa shape index (κ1) is 22.2. The number of fused-ring (bicyclic) bond motifs is 1. The van der Waals surface area contributed by atoms with Gasteiger partial charge >= 0.3 is 0 Å². The predicted octanol–water partition coefficient (Wildman–Crippen LogP) is 2.11. The number of hydrogen-bond acceptors (Lipinski definition) is 5. The second-order valence-corrected chi connectivity index (χ2v) is 7.92. The lowest BCUT2D eigenvalue weighted by Gasteiger charge is -2.22. The quantitative estimate of drug-likeness (QED) is 0.542. The second-order valence-electron chi connectivity index (χ2n) is 7.92. The van der Waals surface area contributed by atoms with Gasteiger partial charge in [0.25, 0.3) is 11.8 Å². The molecule has 4 rings (SSSR count). The van der Waals surface area contributed by atoms with Gasteiger partial charge in [0.2, 0.25) is 0 Å². The summed E-state index contributed by atoms with van der Waals surface area (Å²) in [4.78, 5) is 26.3. The minimum absolute atomic E-state index is 0.117. The minimum atomic E-state index is -1.87. The van der Waals surface area contributed by atoms with Gasteiger partial charge in [-0.1, -0.05) is 66.7 Å². The molecule has 0 radical (unpaired) electrons. The van der Waals surface area contributed by atoms with Gasteiger partial charge in [-0.25, -0.2) is 0 Å². The van der Waals surface area contributed by atoms with E-state index < -0.39 is 24.0 Å². The molecule has 1 aliphatic heterocycles. The van der Waals surface area contributed by atoms with Crippen LogP contribution in [0.15, 0.2) is 72.8 Å². The average molecular weight is 441 g/mol. The van der Waals surface area contributed by atoms with Crippen LogP contribution in [0.1, 0.15) is 22.3 Å². The fourth-order valence-electron chi connectivity index (χ4n) is 3.88. The number of carbonyl (C=O) groups is 2. The first-order valence-corrected chi connectivity index (χ1v) is 10.6. The van der Waals surface area contributed by atoms with Gasteiger partial charge in [-0.15, -0.1) is 0 Å². The van der Waals surface area contributed by atoms with E-state index in [1.54, 1.807) is 24.3 Å². The van der Waals surface area contributed by atoms with Crippen molar-refractivity contribution in [2.75, 3.05) is 0 Å². The first-order chi connectivity index (χ1) is 16.0. The number of aliphatic hydroxyl groups excluding tert-OH is 2. The maximum atomic E-state index is 12.6. The SMILES string of the molecule is N#Cc1ccccc1-c1ccc(CNC(=O)[C@H](O)[C@@H](O)C(=O)N2Cc3ccccc3C2)cc1. The van der Waals surface area contributed by atoms with Gasteiger partial charge in [0.15, 0.2) is 12.2 Å². The van der Waals surface area contributed by atoms with Crippen LogP contribution in [0.3, 0.4) is 0 Å². The molecular formula is C26H23N3O4.